The van der Waals surface area contributed by atoms with Gasteiger partial charge in [-0.3, -0.25) is 0 Å². The Morgan fingerprint density at radius 1 is 0.312 bits per heavy atom. The third-order valence-corrected chi connectivity index (χ3v) is 17.7. The van der Waals surface area contributed by atoms with Crippen LogP contribution in [0.4, 0.5) is 34.1 Å². The lowest BCUT2D eigenvalue weighted by Crippen LogP contribution is -2.17. The Bertz CT molecular complexity index is 4850. The maximum atomic E-state index is 6.72. The number of aromatic nitrogens is 1. The van der Waals surface area contributed by atoms with Crippen molar-refractivity contribution in [2.24, 2.45) is 0 Å². The van der Waals surface area contributed by atoms with E-state index in [1.54, 1.807) is 0 Å². The SMILES string of the molecule is CC1(C)c2ccccc2-c2ccc(N(c3ccccc3)c3cc(-c4ccc5c(c4)c4c6ccccc6ccc4n5-c4ccccc4)cc(N(c4ccc5c(c4)C(C)(C)c4ccccc4-5)c4ccc5c(c4)oc4ccccc45)c3)cc21. The zero-order chi connectivity index (χ0) is 53.4. The van der Waals surface area contributed by atoms with Crippen molar-refractivity contribution in [3.63, 3.8) is 0 Å². The molecule has 4 nitrogen and oxygen atoms in total. The number of hydrogen-bond donors (Lipinski definition) is 0. The molecule has 16 rings (SSSR count). The van der Waals surface area contributed by atoms with Crippen molar-refractivity contribution in [3.8, 4) is 39.1 Å². The van der Waals surface area contributed by atoms with Crippen LogP contribution in [0.25, 0.3) is 93.6 Å². The normalized spacial score (nSPS) is 13.7. The minimum Gasteiger partial charge on any atom is -0.456 e. The Morgan fingerprint density at radius 2 is 0.838 bits per heavy atom. The van der Waals surface area contributed by atoms with Gasteiger partial charge in [-0.1, -0.05) is 179 Å². The highest BCUT2D eigenvalue weighted by Gasteiger charge is 2.37. The van der Waals surface area contributed by atoms with E-state index in [1.165, 1.54) is 71.6 Å². The van der Waals surface area contributed by atoms with E-state index in [0.29, 0.717) is 0 Å². The molecule has 0 atom stereocenters. The van der Waals surface area contributed by atoms with Crippen LogP contribution in [0.5, 0.6) is 0 Å². The zero-order valence-electron chi connectivity index (χ0n) is 45.1. The second-order valence-corrected chi connectivity index (χ2v) is 22.9. The molecule has 0 amide bonds. The van der Waals surface area contributed by atoms with Gasteiger partial charge in [0.25, 0.3) is 0 Å². The fraction of sp³-hybridized carbons (Fsp3) is 0.0789. The summed E-state index contributed by atoms with van der Waals surface area (Å²) in [4.78, 5) is 4.92. The molecule has 2 aliphatic carbocycles. The van der Waals surface area contributed by atoms with Crippen LogP contribution >= 0.6 is 0 Å². The number of rotatable bonds is 8. The maximum Gasteiger partial charge on any atom is 0.137 e. The van der Waals surface area contributed by atoms with Crippen LogP contribution in [0, 0.1) is 0 Å². The molecule has 4 heteroatoms. The van der Waals surface area contributed by atoms with Gasteiger partial charge in [0.05, 0.1) is 11.0 Å². The van der Waals surface area contributed by atoms with E-state index < -0.39 is 0 Å². The smallest absolute Gasteiger partial charge is 0.137 e. The summed E-state index contributed by atoms with van der Waals surface area (Å²) in [7, 11) is 0. The van der Waals surface area contributed by atoms with Crippen LogP contribution in [-0.4, -0.2) is 4.57 Å². The third kappa shape index (κ3) is 6.88. The van der Waals surface area contributed by atoms with Crippen molar-refractivity contribution in [2.75, 3.05) is 9.80 Å². The van der Waals surface area contributed by atoms with Gasteiger partial charge in [-0.25, -0.2) is 0 Å². The van der Waals surface area contributed by atoms with Gasteiger partial charge in [-0.15, -0.1) is 0 Å². The van der Waals surface area contributed by atoms with Crippen molar-refractivity contribution in [1.29, 1.82) is 0 Å². The van der Waals surface area contributed by atoms with E-state index in [-0.39, 0.29) is 10.8 Å². The highest BCUT2D eigenvalue weighted by molar-refractivity contribution is 6.22. The predicted molar refractivity (Wildman–Crippen MR) is 335 cm³/mol. The Balaban J connectivity index is 0.979. The van der Waals surface area contributed by atoms with E-state index >= 15 is 0 Å². The molecular formula is C76H55N3O. The molecule has 0 aliphatic heterocycles. The van der Waals surface area contributed by atoms with E-state index in [1.807, 2.05) is 6.07 Å². The van der Waals surface area contributed by atoms with Crippen molar-refractivity contribution in [1.82, 2.24) is 4.57 Å². The molecule has 0 fully saturated rings. The van der Waals surface area contributed by atoms with Gasteiger partial charge in [0.1, 0.15) is 11.2 Å². The monoisotopic (exact) mass is 1030 g/mol. The minimum atomic E-state index is -0.215. The predicted octanol–water partition coefficient (Wildman–Crippen LogP) is 21.1. The molecule has 80 heavy (non-hydrogen) atoms. The fourth-order valence-corrected chi connectivity index (χ4v) is 13.8. The molecule has 380 valence electrons. The first-order valence-corrected chi connectivity index (χ1v) is 27.9. The van der Waals surface area contributed by atoms with Gasteiger partial charge >= 0.3 is 0 Å². The number of hydrogen-bond acceptors (Lipinski definition) is 3. The van der Waals surface area contributed by atoms with Crippen LogP contribution in [-0.2, 0) is 10.8 Å². The van der Waals surface area contributed by atoms with E-state index in [4.69, 9.17) is 4.42 Å². The lowest BCUT2D eigenvalue weighted by Gasteiger charge is -2.32. The molecule has 2 aromatic heterocycles. The number of para-hydroxylation sites is 3. The minimum absolute atomic E-state index is 0.192. The van der Waals surface area contributed by atoms with Crippen LogP contribution in [0.15, 0.2) is 265 Å². The third-order valence-electron chi connectivity index (χ3n) is 17.7. The second-order valence-electron chi connectivity index (χ2n) is 22.9. The maximum absolute atomic E-state index is 6.72. The topological polar surface area (TPSA) is 24.6 Å². The zero-order valence-corrected chi connectivity index (χ0v) is 45.1. The molecule has 0 N–H and O–H groups in total. The summed E-state index contributed by atoms with van der Waals surface area (Å²) in [5, 5.41) is 7.11. The Hall–Kier alpha value is -9.90. The summed E-state index contributed by atoms with van der Waals surface area (Å²) < 4.78 is 9.14. The summed E-state index contributed by atoms with van der Waals surface area (Å²) in [5.41, 5.74) is 23.8. The highest BCUT2D eigenvalue weighted by atomic mass is 16.3. The van der Waals surface area contributed by atoms with Gasteiger partial charge < -0.3 is 18.8 Å². The van der Waals surface area contributed by atoms with Crippen LogP contribution in [0.2, 0.25) is 0 Å². The summed E-state index contributed by atoms with van der Waals surface area (Å²) in [6, 6.07) is 96.5. The van der Waals surface area contributed by atoms with Crippen LogP contribution < -0.4 is 9.80 Å². The number of benzene rings is 12. The van der Waals surface area contributed by atoms with Crippen molar-refractivity contribution in [2.45, 2.75) is 38.5 Å². The first-order chi connectivity index (χ1) is 39.2. The Morgan fingerprint density at radius 3 is 1.52 bits per heavy atom. The fourth-order valence-electron chi connectivity index (χ4n) is 13.8. The van der Waals surface area contributed by atoms with Gasteiger partial charge in [0.15, 0.2) is 0 Å². The molecule has 0 saturated heterocycles. The van der Waals surface area contributed by atoms with Crippen molar-refractivity contribution in [3.05, 3.63) is 283 Å². The summed E-state index contributed by atoms with van der Waals surface area (Å²) in [5.74, 6) is 0. The van der Waals surface area contributed by atoms with E-state index in [2.05, 4.69) is 297 Å². The second kappa shape index (κ2) is 17.3. The average Bonchev–Trinajstić information content (AvgIpc) is 4.40. The number of fused-ring (bicyclic) bond motifs is 14. The molecule has 2 heterocycles. The van der Waals surface area contributed by atoms with Gasteiger partial charge in [-0.05, 0) is 170 Å². The average molecular weight is 1030 g/mol. The van der Waals surface area contributed by atoms with E-state index in [9.17, 15) is 0 Å². The molecular weight excluding hydrogens is 971 g/mol. The standard InChI is InChI=1S/C76H55N3O/c1-75(2)66-28-16-13-25-59(66)61-36-33-53(45-68(61)75)77(51-20-7-5-8-21-51)56-41-50(49-32-39-70-65(43-49)74-58-24-12-11-19-48(58)31-40-71(74)79(70)52-22-9-6-10-23-52)42-57(44-56)78(55-35-38-64-63-27-15-18-30-72(63)80-73(64)47-55)54-34-37-62-60-26-14-17-29-67(60)76(3,4)69(62)46-54/h5-47H,1-4H3. The quantitative estimate of drug-likeness (QED) is 0.152. The number of anilines is 6. The summed E-state index contributed by atoms with van der Waals surface area (Å²) >= 11 is 0. The summed E-state index contributed by atoms with van der Waals surface area (Å²) in [6.45, 7) is 9.48. The van der Waals surface area contributed by atoms with Crippen molar-refractivity contribution < 1.29 is 4.42 Å². The van der Waals surface area contributed by atoms with Gasteiger partial charge in [-0.2, -0.15) is 0 Å². The molecule has 0 unspecified atom stereocenters. The first-order valence-electron chi connectivity index (χ1n) is 27.9. The number of furan rings is 1. The first kappa shape index (κ1) is 46.2. The lowest BCUT2D eigenvalue weighted by molar-refractivity contribution is 0.660. The van der Waals surface area contributed by atoms with Gasteiger partial charge in [0, 0.05) is 78.3 Å². The Labute approximate surface area is 465 Å². The molecule has 0 radical (unpaired) electrons. The Kier molecular flexibility index (Phi) is 9.99. The van der Waals surface area contributed by atoms with Crippen LogP contribution in [0.1, 0.15) is 49.9 Å². The highest BCUT2D eigenvalue weighted by Crippen LogP contribution is 2.54. The molecule has 0 bridgehead atoms. The van der Waals surface area contributed by atoms with E-state index in [0.717, 1.165) is 78.4 Å². The van der Waals surface area contributed by atoms with Gasteiger partial charge in [0.2, 0.25) is 0 Å². The largest absolute Gasteiger partial charge is 0.456 e. The van der Waals surface area contributed by atoms with Crippen molar-refractivity contribution >= 4 is 88.6 Å². The molecule has 0 spiro atoms. The molecule has 0 saturated carbocycles. The summed E-state index contributed by atoms with van der Waals surface area (Å²) in [6.07, 6.45) is 0. The molecule has 14 aromatic rings. The molecule has 12 aromatic carbocycles. The lowest BCUT2D eigenvalue weighted by atomic mass is 9.82. The number of nitrogens with zero attached hydrogens (tertiary/aromatic N) is 3. The van der Waals surface area contributed by atoms with Crippen LogP contribution in [0.3, 0.4) is 0 Å². The molecule has 2 aliphatic rings.